The van der Waals surface area contributed by atoms with Gasteiger partial charge in [-0.05, 0) is 23.8 Å². The van der Waals surface area contributed by atoms with E-state index in [0.29, 0.717) is 46.0 Å². The lowest BCUT2D eigenvalue weighted by molar-refractivity contribution is 0.146. The molecule has 10 heteroatoms. The summed E-state index contributed by atoms with van der Waals surface area (Å²) in [6.07, 6.45) is 4.75. The first kappa shape index (κ1) is 22.3. The van der Waals surface area contributed by atoms with Gasteiger partial charge in [0.05, 0.1) is 29.1 Å². The van der Waals surface area contributed by atoms with E-state index >= 15 is 0 Å². The smallest absolute Gasteiger partial charge is 0.143 e. The monoisotopic (exact) mass is 452 g/mol. The summed E-state index contributed by atoms with van der Waals surface area (Å²) < 4.78 is 10.5. The van der Waals surface area contributed by atoms with E-state index in [1.165, 1.54) is 18.0 Å². The molecule has 0 unspecified atom stereocenters. The average molecular weight is 453 g/mol. The SMILES string of the molecule is COCCOc1ccc(-c2c(C#N)c(N)nc(SCc3cncc(Cl)c3)c2C#N)nc1. The number of pyridine rings is 3. The van der Waals surface area contributed by atoms with Crippen LogP contribution in [0.3, 0.4) is 0 Å². The zero-order valence-corrected chi connectivity index (χ0v) is 18.1. The highest BCUT2D eigenvalue weighted by Crippen LogP contribution is 2.36. The van der Waals surface area contributed by atoms with Crippen LogP contribution in [0.2, 0.25) is 5.02 Å². The summed E-state index contributed by atoms with van der Waals surface area (Å²) in [5.74, 6) is 1.05. The van der Waals surface area contributed by atoms with E-state index in [0.717, 1.165) is 5.56 Å². The Bertz CT molecular complexity index is 1160. The Labute approximate surface area is 188 Å². The lowest BCUT2D eigenvalue weighted by Gasteiger charge is -2.13. The van der Waals surface area contributed by atoms with Crippen LogP contribution in [0.4, 0.5) is 5.82 Å². The van der Waals surface area contributed by atoms with Crippen molar-refractivity contribution in [2.45, 2.75) is 10.8 Å². The minimum absolute atomic E-state index is 0.0328. The number of nitriles is 2. The highest BCUT2D eigenvalue weighted by Gasteiger charge is 2.21. The average Bonchev–Trinajstić information content (AvgIpc) is 2.78. The Morgan fingerprint density at radius 2 is 1.94 bits per heavy atom. The van der Waals surface area contributed by atoms with Gasteiger partial charge in [-0.2, -0.15) is 10.5 Å². The second-order valence-electron chi connectivity index (χ2n) is 6.17. The number of nitrogen functional groups attached to an aromatic ring is 1. The summed E-state index contributed by atoms with van der Waals surface area (Å²) in [4.78, 5) is 12.7. The van der Waals surface area contributed by atoms with Crippen LogP contribution in [-0.2, 0) is 10.5 Å². The molecular formula is C21H17ClN6O2S. The van der Waals surface area contributed by atoms with E-state index in [-0.39, 0.29) is 16.9 Å². The lowest BCUT2D eigenvalue weighted by atomic mass is 10.0. The lowest BCUT2D eigenvalue weighted by Crippen LogP contribution is -2.05. The molecule has 0 amide bonds. The minimum Gasteiger partial charge on any atom is -0.490 e. The van der Waals surface area contributed by atoms with E-state index in [9.17, 15) is 10.5 Å². The molecule has 8 nitrogen and oxygen atoms in total. The van der Waals surface area contributed by atoms with Crippen LogP contribution in [-0.4, -0.2) is 35.3 Å². The third-order valence-electron chi connectivity index (χ3n) is 4.10. The Morgan fingerprint density at radius 3 is 2.58 bits per heavy atom. The maximum Gasteiger partial charge on any atom is 0.143 e. The fourth-order valence-corrected chi connectivity index (χ4v) is 3.81. The highest BCUT2D eigenvalue weighted by molar-refractivity contribution is 7.98. The van der Waals surface area contributed by atoms with Crippen LogP contribution >= 0.6 is 23.4 Å². The van der Waals surface area contributed by atoms with E-state index in [1.54, 1.807) is 37.7 Å². The number of methoxy groups -OCH3 is 1. The van der Waals surface area contributed by atoms with Crippen molar-refractivity contribution in [1.29, 1.82) is 10.5 Å². The van der Waals surface area contributed by atoms with Gasteiger partial charge in [0, 0.05) is 30.8 Å². The Kier molecular flexibility index (Phi) is 7.63. The maximum absolute atomic E-state index is 9.86. The molecule has 31 heavy (non-hydrogen) atoms. The predicted octanol–water partition coefficient (Wildman–Crippen LogP) is 3.84. The fraction of sp³-hybridized carbons (Fsp3) is 0.190. The first-order chi connectivity index (χ1) is 15.1. The molecule has 0 radical (unpaired) electrons. The van der Waals surface area contributed by atoms with E-state index in [4.69, 9.17) is 26.8 Å². The molecule has 2 N–H and O–H groups in total. The van der Waals surface area contributed by atoms with Crippen LogP contribution in [0.25, 0.3) is 11.3 Å². The molecule has 3 heterocycles. The predicted molar refractivity (Wildman–Crippen MR) is 117 cm³/mol. The van der Waals surface area contributed by atoms with E-state index < -0.39 is 0 Å². The fourth-order valence-electron chi connectivity index (χ4n) is 2.70. The molecule has 3 rings (SSSR count). The molecule has 0 bridgehead atoms. The second kappa shape index (κ2) is 10.6. The van der Waals surface area contributed by atoms with Crippen molar-refractivity contribution in [3.63, 3.8) is 0 Å². The molecule has 0 aliphatic carbocycles. The van der Waals surface area contributed by atoms with Crippen molar-refractivity contribution in [2.24, 2.45) is 0 Å². The number of hydrogen-bond acceptors (Lipinski definition) is 9. The molecule has 0 aliphatic rings. The van der Waals surface area contributed by atoms with Gasteiger partial charge in [0.25, 0.3) is 0 Å². The van der Waals surface area contributed by atoms with Crippen LogP contribution < -0.4 is 10.5 Å². The zero-order valence-electron chi connectivity index (χ0n) is 16.5. The highest BCUT2D eigenvalue weighted by atomic mass is 35.5. The summed E-state index contributed by atoms with van der Waals surface area (Å²) in [6.45, 7) is 0.828. The van der Waals surface area contributed by atoms with Gasteiger partial charge >= 0.3 is 0 Å². The molecule has 0 saturated heterocycles. The maximum atomic E-state index is 9.86. The molecule has 156 valence electrons. The zero-order chi connectivity index (χ0) is 22.2. The Balaban J connectivity index is 1.97. The van der Waals surface area contributed by atoms with Gasteiger partial charge in [-0.25, -0.2) is 4.98 Å². The first-order valence-electron chi connectivity index (χ1n) is 9.01. The molecule has 3 aromatic heterocycles. The third kappa shape index (κ3) is 5.41. The summed E-state index contributed by atoms with van der Waals surface area (Å²) in [5.41, 5.74) is 8.00. The normalized spacial score (nSPS) is 10.3. The Hall–Kier alpha value is -3.37. The molecule has 0 aromatic carbocycles. The summed E-state index contributed by atoms with van der Waals surface area (Å²) in [5, 5.41) is 20.4. The number of anilines is 1. The van der Waals surface area contributed by atoms with Crippen molar-refractivity contribution >= 4 is 29.2 Å². The van der Waals surface area contributed by atoms with Crippen molar-refractivity contribution in [2.75, 3.05) is 26.1 Å². The van der Waals surface area contributed by atoms with Gasteiger partial charge in [-0.15, -0.1) is 11.8 Å². The van der Waals surface area contributed by atoms with Gasteiger partial charge in [-0.1, -0.05) is 11.6 Å². The molecule has 0 atom stereocenters. The molecular weight excluding hydrogens is 436 g/mol. The van der Waals surface area contributed by atoms with Gasteiger partial charge in [0.1, 0.15) is 40.9 Å². The third-order valence-corrected chi connectivity index (χ3v) is 5.35. The molecule has 0 fully saturated rings. The number of rotatable bonds is 8. The quantitative estimate of drug-likeness (QED) is 0.400. The summed E-state index contributed by atoms with van der Waals surface area (Å²) in [6, 6.07) is 9.36. The number of nitrogens with two attached hydrogens (primary N) is 1. The van der Waals surface area contributed by atoms with Crippen molar-refractivity contribution in [3.05, 3.63) is 58.5 Å². The van der Waals surface area contributed by atoms with Crippen LogP contribution in [0.5, 0.6) is 5.75 Å². The number of ether oxygens (including phenoxy) is 2. The summed E-state index contributed by atoms with van der Waals surface area (Å²) in [7, 11) is 1.59. The van der Waals surface area contributed by atoms with Gasteiger partial charge in [0.15, 0.2) is 0 Å². The van der Waals surface area contributed by atoms with Gasteiger partial charge in [-0.3, -0.25) is 9.97 Å². The second-order valence-corrected chi connectivity index (χ2v) is 7.57. The van der Waals surface area contributed by atoms with Crippen molar-refractivity contribution in [1.82, 2.24) is 15.0 Å². The van der Waals surface area contributed by atoms with Crippen molar-refractivity contribution in [3.8, 4) is 29.1 Å². The number of hydrogen-bond donors (Lipinski definition) is 1. The van der Waals surface area contributed by atoms with Gasteiger partial charge in [0.2, 0.25) is 0 Å². The van der Waals surface area contributed by atoms with Crippen molar-refractivity contribution < 1.29 is 9.47 Å². The number of aromatic nitrogens is 3. The standard InChI is InChI=1S/C21H17ClN6O2S/c1-29-4-5-30-15-2-3-18(27-11-15)19-16(7-23)20(25)28-21(17(19)8-24)31-12-13-6-14(22)10-26-9-13/h2-3,6,9-11H,4-5,12H2,1H3,(H2,25,28). The van der Waals surface area contributed by atoms with Crippen LogP contribution in [0, 0.1) is 22.7 Å². The summed E-state index contributed by atoms with van der Waals surface area (Å²) >= 11 is 7.29. The number of thioether (sulfide) groups is 1. The first-order valence-corrected chi connectivity index (χ1v) is 10.4. The van der Waals surface area contributed by atoms with Crippen LogP contribution in [0.1, 0.15) is 16.7 Å². The minimum atomic E-state index is 0.0328. The number of nitrogens with zero attached hydrogens (tertiary/aromatic N) is 5. The largest absolute Gasteiger partial charge is 0.490 e. The van der Waals surface area contributed by atoms with Crippen LogP contribution in [0.15, 0.2) is 41.8 Å². The molecule has 3 aromatic rings. The molecule has 0 aliphatic heterocycles. The molecule has 0 spiro atoms. The number of halogens is 1. The molecule has 0 saturated carbocycles. The topological polar surface area (TPSA) is 131 Å². The van der Waals surface area contributed by atoms with Gasteiger partial charge < -0.3 is 15.2 Å². The van der Waals surface area contributed by atoms with E-state index in [2.05, 4.69) is 21.0 Å². The Morgan fingerprint density at radius 1 is 1.13 bits per heavy atom. The van der Waals surface area contributed by atoms with E-state index in [1.807, 2.05) is 6.07 Å².